The van der Waals surface area contributed by atoms with Crippen molar-refractivity contribution >= 4 is 34.4 Å². The van der Waals surface area contributed by atoms with Crippen LogP contribution in [0.2, 0.25) is 0 Å². The Balaban J connectivity index is 0.000000309. The van der Waals surface area contributed by atoms with Crippen LogP contribution in [0.5, 0.6) is 11.5 Å². The Morgan fingerprint density at radius 2 is 1.88 bits per heavy atom. The molecule has 12 heteroatoms. The standard InChI is InChI=1S/C13H8F3NO5.C7H13ClO2/c14-13(15,16)4-17-3-7(12(19)20)11(18)6-1-9-10(2-8(6)17)22-5-21-9;1-2-3-4-5-7(9)10-6-8/h1-3H,4-5H2,(H,19,20);2-6H2,1H3. The average Bonchev–Trinajstić information content (AvgIpc) is 3.16. The molecule has 1 aliphatic rings. The van der Waals surface area contributed by atoms with Gasteiger partial charge in [0.1, 0.15) is 12.1 Å². The molecule has 0 bridgehead atoms. The van der Waals surface area contributed by atoms with Crippen molar-refractivity contribution in [1.82, 2.24) is 4.57 Å². The molecule has 0 saturated carbocycles. The van der Waals surface area contributed by atoms with Crippen LogP contribution in [0.4, 0.5) is 13.2 Å². The highest BCUT2D eigenvalue weighted by Crippen LogP contribution is 2.35. The third-order valence-corrected chi connectivity index (χ3v) is 4.46. The van der Waals surface area contributed by atoms with Crippen molar-refractivity contribution in [1.29, 1.82) is 0 Å². The topological polar surface area (TPSA) is 104 Å². The van der Waals surface area contributed by atoms with Crippen molar-refractivity contribution in [2.24, 2.45) is 0 Å². The molecule has 3 rings (SSSR count). The highest BCUT2D eigenvalue weighted by atomic mass is 35.5. The van der Waals surface area contributed by atoms with E-state index in [-0.39, 0.29) is 41.2 Å². The predicted molar refractivity (Wildman–Crippen MR) is 108 cm³/mol. The van der Waals surface area contributed by atoms with Gasteiger partial charge in [0.15, 0.2) is 17.6 Å². The van der Waals surface area contributed by atoms with E-state index in [0.29, 0.717) is 17.2 Å². The summed E-state index contributed by atoms with van der Waals surface area (Å²) >= 11 is 5.17. The molecular formula is C20H21ClF3NO7. The van der Waals surface area contributed by atoms with Crippen LogP contribution in [-0.4, -0.2) is 40.6 Å². The van der Waals surface area contributed by atoms with Gasteiger partial charge in [-0.1, -0.05) is 31.4 Å². The maximum atomic E-state index is 12.7. The van der Waals surface area contributed by atoms with Gasteiger partial charge in [-0.2, -0.15) is 13.2 Å². The highest BCUT2D eigenvalue weighted by molar-refractivity contribution is 6.17. The Morgan fingerprint density at radius 3 is 2.44 bits per heavy atom. The Kier molecular flexibility index (Phi) is 8.76. The lowest BCUT2D eigenvalue weighted by molar-refractivity contribution is -0.142. The zero-order valence-corrected chi connectivity index (χ0v) is 17.8. The molecule has 32 heavy (non-hydrogen) atoms. The van der Waals surface area contributed by atoms with Gasteiger partial charge in [-0.15, -0.1) is 0 Å². The first-order chi connectivity index (χ1) is 15.1. The summed E-state index contributed by atoms with van der Waals surface area (Å²) in [6, 6.07) is 2.40. The van der Waals surface area contributed by atoms with E-state index in [1.807, 2.05) is 0 Å². The summed E-state index contributed by atoms with van der Waals surface area (Å²) in [6.45, 7) is 0.543. The third-order valence-electron chi connectivity index (χ3n) is 4.35. The number of esters is 1. The summed E-state index contributed by atoms with van der Waals surface area (Å²) in [7, 11) is 0. The van der Waals surface area contributed by atoms with Crippen molar-refractivity contribution in [2.75, 3.05) is 12.9 Å². The molecule has 0 atom stereocenters. The first-order valence-electron chi connectivity index (χ1n) is 9.55. The first kappa shape index (κ1) is 25.3. The monoisotopic (exact) mass is 479 g/mol. The molecule has 176 valence electrons. The van der Waals surface area contributed by atoms with Crippen LogP contribution in [0, 0.1) is 0 Å². The van der Waals surface area contributed by atoms with Gasteiger partial charge in [0.05, 0.1) is 10.9 Å². The van der Waals surface area contributed by atoms with Gasteiger partial charge in [-0.25, -0.2) is 4.79 Å². The maximum absolute atomic E-state index is 12.7. The quantitative estimate of drug-likeness (QED) is 0.359. The molecular weight excluding hydrogens is 459 g/mol. The molecule has 1 aromatic carbocycles. The van der Waals surface area contributed by atoms with E-state index in [4.69, 9.17) is 26.2 Å². The van der Waals surface area contributed by atoms with E-state index in [2.05, 4.69) is 11.7 Å². The number of hydrogen-bond donors (Lipinski definition) is 1. The van der Waals surface area contributed by atoms with Gasteiger partial charge >= 0.3 is 18.1 Å². The Morgan fingerprint density at radius 1 is 1.22 bits per heavy atom. The van der Waals surface area contributed by atoms with Gasteiger partial charge in [-0.05, 0) is 12.5 Å². The highest BCUT2D eigenvalue weighted by Gasteiger charge is 2.30. The van der Waals surface area contributed by atoms with Crippen LogP contribution >= 0.6 is 11.6 Å². The van der Waals surface area contributed by atoms with Crippen LogP contribution in [0.1, 0.15) is 43.0 Å². The van der Waals surface area contributed by atoms with Crippen LogP contribution in [-0.2, 0) is 16.1 Å². The summed E-state index contributed by atoms with van der Waals surface area (Å²) in [5.41, 5.74) is -1.69. The number of rotatable bonds is 7. The number of carboxylic acid groups (broad SMARTS) is 1. The predicted octanol–water partition coefficient (Wildman–Crippen LogP) is 4.30. The fourth-order valence-corrected chi connectivity index (χ4v) is 3.03. The number of unbranched alkanes of at least 4 members (excludes halogenated alkanes) is 2. The number of carboxylic acids is 1. The molecule has 1 aromatic heterocycles. The minimum absolute atomic E-state index is 0.0229. The molecule has 2 heterocycles. The van der Waals surface area contributed by atoms with Crippen molar-refractivity contribution < 1.29 is 42.1 Å². The Hall–Kier alpha value is -2.95. The van der Waals surface area contributed by atoms with Gasteiger partial charge in [0.2, 0.25) is 12.2 Å². The van der Waals surface area contributed by atoms with Crippen LogP contribution < -0.4 is 14.9 Å². The normalized spacial score (nSPS) is 12.3. The van der Waals surface area contributed by atoms with Gasteiger partial charge < -0.3 is 23.9 Å². The fraction of sp³-hybridized carbons (Fsp3) is 0.450. The minimum atomic E-state index is -4.58. The van der Waals surface area contributed by atoms with Crippen molar-refractivity contribution in [3.05, 3.63) is 34.1 Å². The number of aromatic nitrogens is 1. The van der Waals surface area contributed by atoms with Crippen LogP contribution in [0.25, 0.3) is 10.9 Å². The molecule has 2 aromatic rings. The van der Waals surface area contributed by atoms with Crippen LogP contribution in [0.15, 0.2) is 23.1 Å². The number of fused-ring (bicyclic) bond motifs is 2. The molecule has 0 unspecified atom stereocenters. The Labute approximate surface area is 185 Å². The second kappa shape index (κ2) is 11.1. The van der Waals surface area contributed by atoms with Crippen molar-refractivity contribution in [3.63, 3.8) is 0 Å². The Bertz CT molecular complexity index is 1040. The first-order valence-corrected chi connectivity index (χ1v) is 10.1. The number of ether oxygens (including phenoxy) is 3. The lowest BCUT2D eigenvalue weighted by Crippen LogP contribution is -2.23. The number of halogens is 4. The van der Waals surface area contributed by atoms with E-state index in [9.17, 15) is 27.6 Å². The summed E-state index contributed by atoms with van der Waals surface area (Å²) in [4.78, 5) is 33.8. The van der Waals surface area contributed by atoms with Crippen molar-refractivity contribution in [3.8, 4) is 11.5 Å². The summed E-state index contributed by atoms with van der Waals surface area (Å²) in [5, 5.41) is 8.82. The molecule has 1 aliphatic heterocycles. The zero-order valence-electron chi connectivity index (χ0n) is 17.0. The van der Waals surface area contributed by atoms with Crippen molar-refractivity contribution in [2.45, 2.75) is 45.3 Å². The number of alkyl halides is 4. The molecule has 0 spiro atoms. The fourth-order valence-electron chi connectivity index (χ4n) is 2.91. The molecule has 0 fully saturated rings. The molecule has 0 aliphatic carbocycles. The van der Waals surface area contributed by atoms with Crippen LogP contribution in [0.3, 0.4) is 0 Å². The lowest BCUT2D eigenvalue weighted by Gasteiger charge is -2.14. The average molecular weight is 480 g/mol. The number of benzene rings is 1. The largest absolute Gasteiger partial charge is 0.477 e. The second-order valence-electron chi connectivity index (χ2n) is 6.73. The summed E-state index contributed by atoms with van der Waals surface area (Å²) < 4.78 is 53.3. The molecule has 0 saturated heterocycles. The summed E-state index contributed by atoms with van der Waals surface area (Å²) in [5.74, 6) is -1.40. The molecule has 0 radical (unpaired) electrons. The number of pyridine rings is 1. The number of hydrogen-bond acceptors (Lipinski definition) is 6. The number of aromatic carboxylic acids is 1. The summed E-state index contributed by atoms with van der Waals surface area (Å²) in [6.07, 6.45) is -0.283. The van der Waals surface area contributed by atoms with Gasteiger partial charge in [0.25, 0.3) is 0 Å². The molecule has 1 N–H and O–H groups in total. The number of carbonyl (C=O) groups excluding carboxylic acids is 1. The van der Waals surface area contributed by atoms with Gasteiger partial charge in [-0.3, -0.25) is 9.59 Å². The van der Waals surface area contributed by atoms with E-state index in [1.54, 1.807) is 0 Å². The zero-order chi connectivity index (χ0) is 23.9. The van der Waals surface area contributed by atoms with Gasteiger partial charge in [0, 0.05) is 18.7 Å². The molecule has 8 nitrogen and oxygen atoms in total. The van der Waals surface area contributed by atoms with E-state index >= 15 is 0 Å². The number of carbonyl (C=O) groups is 2. The molecule has 0 amide bonds. The smallest absolute Gasteiger partial charge is 0.406 e. The second-order valence-corrected chi connectivity index (χ2v) is 6.94. The minimum Gasteiger partial charge on any atom is -0.477 e. The van der Waals surface area contributed by atoms with E-state index in [0.717, 1.165) is 19.3 Å². The van der Waals surface area contributed by atoms with E-state index < -0.39 is 29.7 Å². The number of nitrogens with zero attached hydrogens (tertiary/aromatic N) is 1. The maximum Gasteiger partial charge on any atom is 0.406 e. The third kappa shape index (κ3) is 6.78. The lowest BCUT2D eigenvalue weighted by atomic mass is 10.1. The SMILES string of the molecule is CCCCCC(=O)OCCl.O=C(O)c1cn(CC(F)(F)F)c2cc3c(cc2c1=O)OCO3. The van der Waals surface area contributed by atoms with E-state index in [1.165, 1.54) is 12.1 Å².